The van der Waals surface area contributed by atoms with Crippen LogP contribution in [-0.4, -0.2) is 59.0 Å². The molecule has 5 heteroatoms. The maximum absolute atomic E-state index is 12.6. The normalized spacial score (nSPS) is 27.2. The van der Waals surface area contributed by atoms with E-state index >= 15 is 0 Å². The predicted molar refractivity (Wildman–Crippen MR) is 76.0 cm³/mol. The Morgan fingerprint density at radius 1 is 1.20 bits per heavy atom. The predicted octanol–water partition coefficient (Wildman–Crippen LogP) is 0.864. The summed E-state index contributed by atoms with van der Waals surface area (Å²) < 4.78 is 0. The Balaban J connectivity index is 2.04. The quantitative estimate of drug-likeness (QED) is 0.817. The van der Waals surface area contributed by atoms with Crippen molar-refractivity contribution in [3.05, 3.63) is 0 Å². The molecular weight excluding hydrogens is 256 g/mol. The molecule has 2 rings (SSSR count). The minimum absolute atomic E-state index is 0.0613. The number of hydrogen-bond acceptors (Lipinski definition) is 3. The number of nitrogens with zero attached hydrogens (tertiary/aromatic N) is 2. The summed E-state index contributed by atoms with van der Waals surface area (Å²) >= 11 is 0. The van der Waals surface area contributed by atoms with E-state index in [1.165, 1.54) is 0 Å². The molecule has 2 fully saturated rings. The van der Waals surface area contributed by atoms with Crippen LogP contribution in [0.25, 0.3) is 0 Å². The zero-order valence-corrected chi connectivity index (χ0v) is 12.8. The number of aliphatic hydroxyl groups excluding tert-OH is 1. The van der Waals surface area contributed by atoms with Gasteiger partial charge in [-0.05, 0) is 19.3 Å². The van der Waals surface area contributed by atoms with Crippen LogP contribution in [-0.2, 0) is 9.59 Å². The molecule has 2 amide bonds. The molecule has 5 nitrogen and oxygen atoms in total. The molecule has 2 unspecified atom stereocenters. The van der Waals surface area contributed by atoms with Crippen molar-refractivity contribution in [3.63, 3.8) is 0 Å². The van der Waals surface area contributed by atoms with Crippen LogP contribution in [0.5, 0.6) is 0 Å². The third-order valence-corrected chi connectivity index (χ3v) is 4.30. The first kappa shape index (κ1) is 15.3. The van der Waals surface area contributed by atoms with Crippen molar-refractivity contribution in [1.82, 2.24) is 9.80 Å². The lowest BCUT2D eigenvalue weighted by molar-refractivity contribution is -0.148. The summed E-state index contributed by atoms with van der Waals surface area (Å²) in [5.41, 5.74) is -0.443. The third kappa shape index (κ3) is 2.97. The molecule has 2 aliphatic rings. The highest BCUT2D eigenvalue weighted by Gasteiger charge is 2.41. The van der Waals surface area contributed by atoms with Crippen LogP contribution >= 0.6 is 0 Å². The van der Waals surface area contributed by atoms with E-state index in [0.717, 1.165) is 19.3 Å². The summed E-state index contributed by atoms with van der Waals surface area (Å²) in [6.45, 7) is 7.84. The summed E-state index contributed by atoms with van der Waals surface area (Å²) in [7, 11) is 0. The highest BCUT2D eigenvalue weighted by Crippen LogP contribution is 2.28. The number of carbonyl (C=O) groups excluding carboxylic acids is 2. The minimum Gasteiger partial charge on any atom is -0.396 e. The molecule has 20 heavy (non-hydrogen) atoms. The molecule has 0 saturated carbocycles. The van der Waals surface area contributed by atoms with E-state index in [1.807, 2.05) is 25.7 Å². The Bertz CT molecular complexity index is 389. The van der Waals surface area contributed by atoms with Crippen molar-refractivity contribution in [1.29, 1.82) is 0 Å². The summed E-state index contributed by atoms with van der Waals surface area (Å²) in [4.78, 5) is 28.6. The van der Waals surface area contributed by atoms with E-state index in [-0.39, 0.29) is 30.4 Å². The van der Waals surface area contributed by atoms with Gasteiger partial charge in [0, 0.05) is 37.6 Å². The van der Waals surface area contributed by atoms with Crippen molar-refractivity contribution in [2.45, 2.75) is 46.1 Å². The molecule has 0 radical (unpaired) electrons. The van der Waals surface area contributed by atoms with Crippen molar-refractivity contribution >= 4 is 11.8 Å². The lowest BCUT2D eigenvalue weighted by atomic mass is 9.94. The second-order valence-corrected chi connectivity index (χ2v) is 7.03. The van der Waals surface area contributed by atoms with Crippen LogP contribution in [0.15, 0.2) is 0 Å². The summed E-state index contributed by atoms with van der Waals surface area (Å²) in [5, 5.41) is 9.18. The van der Waals surface area contributed by atoms with E-state index in [2.05, 4.69) is 0 Å². The molecule has 2 atom stereocenters. The lowest BCUT2D eigenvalue weighted by Crippen LogP contribution is -2.50. The first-order valence-electron chi connectivity index (χ1n) is 7.55. The van der Waals surface area contributed by atoms with E-state index in [0.29, 0.717) is 19.6 Å². The van der Waals surface area contributed by atoms with Gasteiger partial charge in [0.25, 0.3) is 0 Å². The van der Waals surface area contributed by atoms with Crippen LogP contribution in [0, 0.1) is 11.3 Å². The first-order valence-corrected chi connectivity index (χ1v) is 7.55. The number of hydrogen-bond donors (Lipinski definition) is 1. The highest BCUT2D eigenvalue weighted by atomic mass is 16.3. The molecule has 2 aliphatic heterocycles. The maximum atomic E-state index is 12.6. The Labute approximate surface area is 120 Å². The molecule has 0 spiro atoms. The van der Waals surface area contributed by atoms with Crippen LogP contribution in [0.1, 0.15) is 40.0 Å². The standard InChI is InChI=1S/C15H26N2O3/c1-15(2,3)14(20)17-7-4-5-12(17)13(19)16-8-6-11(9-16)10-18/h11-12,18H,4-10H2,1-3H3. The molecule has 0 aliphatic carbocycles. The lowest BCUT2D eigenvalue weighted by Gasteiger charge is -2.32. The van der Waals surface area contributed by atoms with Gasteiger partial charge in [-0.3, -0.25) is 9.59 Å². The Morgan fingerprint density at radius 2 is 1.90 bits per heavy atom. The summed E-state index contributed by atoms with van der Waals surface area (Å²) in [6, 6.07) is -0.292. The molecule has 1 N–H and O–H groups in total. The van der Waals surface area contributed by atoms with Crippen LogP contribution in [0.3, 0.4) is 0 Å². The second kappa shape index (κ2) is 5.72. The first-order chi connectivity index (χ1) is 9.34. The Hall–Kier alpha value is -1.10. The Morgan fingerprint density at radius 3 is 2.45 bits per heavy atom. The topological polar surface area (TPSA) is 60.9 Å². The van der Waals surface area contributed by atoms with Crippen LogP contribution < -0.4 is 0 Å². The fourth-order valence-electron chi connectivity index (χ4n) is 3.09. The number of likely N-dealkylation sites (tertiary alicyclic amines) is 2. The van der Waals surface area contributed by atoms with Gasteiger partial charge in [0.15, 0.2) is 0 Å². The van der Waals surface area contributed by atoms with Gasteiger partial charge in [-0.25, -0.2) is 0 Å². The summed E-state index contributed by atoms with van der Waals surface area (Å²) in [5.74, 6) is 0.328. The van der Waals surface area contributed by atoms with Gasteiger partial charge in [-0.15, -0.1) is 0 Å². The molecule has 2 heterocycles. The van der Waals surface area contributed by atoms with E-state index in [1.54, 1.807) is 4.90 Å². The van der Waals surface area contributed by atoms with Gasteiger partial charge in [0.2, 0.25) is 11.8 Å². The van der Waals surface area contributed by atoms with Crippen molar-refractivity contribution in [3.8, 4) is 0 Å². The fraction of sp³-hybridized carbons (Fsp3) is 0.867. The molecular formula is C15H26N2O3. The maximum Gasteiger partial charge on any atom is 0.245 e. The van der Waals surface area contributed by atoms with Crippen LogP contribution in [0.4, 0.5) is 0 Å². The highest BCUT2D eigenvalue weighted by molar-refractivity contribution is 5.90. The summed E-state index contributed by atoms with van der Waals surface area (Å²) in [6.07, 6.45) is 2.53. The molecule has 0 aromatic rings. The number of aliphatic hydroxyl groups is 1. The monoisotopic (exact) mass is 282 g/mol. The van der Waals surface area contributed by atoms with Gasteiger partial charge in [0.1, 0.15) is 6.04 Å². The molecule has 114 valence electrons. The van der Waals surface area contributed by atoms with E-state index in [9.17, 15) is 14.7 Å². The van der Waals surface area contributed by atoms with Gasteiger partial charge < -0.3 is 14.9 Å². The molecule has 2 saturated heterocycles. The largest absolute Gasteiger partial charge is 0.396 e. The third-order valence-electron chi connectivity index (χ3n) is 4.30. The van der Waals surface area contributed by atoms with E-state index in [4.69, 9.17) is 0 Å². The molecule has 0 bridgehead atoms. The van der Waals surface area contributed by atoms with Gasteiger partial charge >= 0.3 is 0 Å². The number of carbonyl (C=O) groups is 2. The molecule has 0 aromatic heterocycles. The smallest absolute Gasteiger partial charge is 0.245 e. The average molecular weight is 282 g/mol. The van der Waals surface area contributed by atoms with Crippen molar-refractivity contribution < 1.29 is 14.7 Å². The zero-order chi connectivity index (χ0) is 14.9. The van der Waals surface area contributed by atoms with Gasteiger partial charge in [-0.1, -0.05) is 20.8 Å². The average Bonchev–Trinajstić information content (AvgIpc) is 3.04. The number of amides is 2. The number of rotatable bonds is 2. The fourth-order valence-corrected chi connectivity index (χ4v) is 3.09. The van der Waals surface area contributed by atoms with Crippen LogP contribution in [0.2, 0.25) is 0 Å². The second-order valence-electron chi connectivity index (χ2n) is 7.03. The van der Waals surface area contributed by atoms with Crippen molar-refractivity contribution in [2.75, 3.05) is 26.2 Å². The molecule has 0 aromatic carbocycles. The minimum atomic E-state index is -0.443. The van der Waals surface area contributed by atoms with Gasteiger partial charge in [-0.2, -0.15) is 0 Å². The van der Waals surface area contributed by atoms with Crippen molar-refractivity contribution in [2.24, 2.45) is 11.3 Å². The van der Waals surface area contributed by atoms with E-state index < -0.39 is 5.41 Å². The zero-order valence-electron chi connectivity index (χ0n) is 12.8. The SMILES string of the molecule is CC(C)(C)C(=O)N1CCCC1C(=O)N1CCC(CO)C1. The Kier molecular flexibility index (Phi) is 4.37. The van der Waals surface area contributed by atoms with Gasteiger partial charge in [0.05, 0.1) is 0 Å².